The van der Waals surface area contributed by atoms with E-state index in [1.165, 1.54) is 17.4 Å². The molecule has 2 rings (SSSR count). The number of hydrogen-bond acceptors (Lipinski definition) is 3. The van der Waals surface area contributed by atoms with E-state index in [1.54, 1.807) is 6.07 Å². The van der Waals surface area contributed by atoms with Crippen LogP contribution in [0.3, 0.4) is 0 Å². The first kappa shape index (κ1) is 14.7. The number of amides is 1. The van der Waals surface area contributed by atoms with Crippen molar-refractivity contribution >= 4 is 60.1 Å². The van der Waals surface area contributed by atoms with Gasteiger partial charge >= 0.3 is 0 Å². The maximum Gasteiger partial charge on any atom is 0.240 e. The zero-order valence-electron chi connectivity index (χ0n) is 10.2. The standard InChI is InChI=1S/C12H11BrClFN2OS/c1-5(2)9(13)11(18)17-12-16-10-7(15)3-6(14)4-8(10)19-12/h3-5,9H,1-2H3,(H,16,17,18). The summed E-state index contributed by atoms with van der Waals surface area (Å²) in [5.74, 6) is -0.528. The van der Waals surface area contributed by atoms with Gasteiger partial charge in [0.15, 0.2) is 10.9 Å². The molecule has 0 aliphatic carbocycles. The molecule has 0 saturated carbocycles. The first-order valence-corrected chi connectivity index (χ1v) is 7.70. The van der Waals surface area contributed by atoms with Gasteiger partial charge in [0, 0.05) is 5.02 Å². The lowest BCUT2D eigenvalue weighted by Gasteiger charge is -2.11. The van der Waals surface area contributed by atoms with Crippen molar-refractivity contribution in [3.8, 4) is 0 Å². The average Bonchev–Trinajstić information content (AvgIpc) is 2.70. The number of rotatable bonds is 3. The third kappa shape index (κ3) is 3.24. The van der Waals surface area contributed by atoms with Crippen molar-refractivity contribution in [3.63, 3.8) is 0 Å². The molecule has 1 unspecified atom stereocenters. The largest absolute Gasteiger partial charge is 0.301 e. The van der Waals surface area contributed by atoms with Gasteiger partial charge < -0.3 is 5.32 Å². The first-order chi connectivity index (χ1) is 8.88. The number of halogens is 3. The fourth-order valence-electron chi connectivity index (χ4n) is 1.49. The van der Waals surface area contributed by atoms with E-state index in [1.807, 2.05) is 13.8 Å². The molecule has 102 valence electrons. The highest BCUT2D eigenvalue weighted by molar-refractivity contribution is 9.10. The number of aromatic nitrogens is 1. The fourth-order valence-corrected chi connectivity index (χ4v) is 2.79. The van der Waals surface area contributed by atoms with Crippen molar-refractivity contribution in [2.45, 2.75) is 18.7 Å². The fraction of sp³-hybridized carbons (Fsp3) is 0.333. The number of anilines is 1. The maximum atomic E-state index is 13.6. The molecule has 1 aromatic carbocycles. The second-order valence-corrected chi connectivity index (χ2v) is 6.84. The van der Waals surface area contributed by atoms with Gasteiger partial charge in [0.25, 0.3) is 0 Å². The van der Waals surface area contributed by atoms with Gasteiger partial charge in [-0.2, -0.15) is 0 Å². The zero-order valence-corrected chi connectivity index (χ0v) is 13.4. The van der Waals surface area contributed by atoms with Crippen LogP contribution in [-0.2, 0) is 4.79 Å². The van der Waals surface area contributed by atoms with E-state index >= 15 is 0 Å². The number of benzene rings is 1. The summed E-state index contributed by atoms with van der Waals surface area (Å²) in [5.41, 5.74) is 0.223. The number of fused-ring (bicyclic) bond motifs is 1. The Bertz CT molecular complexity index is 631. The Hall–Kier alpha value is -0.720. The number of carbonyl (C=O) groups is 1. The van der Waals surface area contributed by atoms with E-state index in [4.69, 9.17) is 11.6 Å². The van der Waals surface area contributed by atoms with Crippen LogP contribution in [0.1, 0.15) is 13.8 Å². The lowest BCUT2D eigenvalue weighted by atomic mass is 10.1. The number of alkyl halides is 1. The monoisotopic (exact) mass is 364 g/mol. The predicted octanol–water partition coefficient (Wildman–Crippen LogP) is 4.45. The Labute approximate surface area is 127 Å². The molecular weight excluding hydrogens is 355 g/mol. The van der Waals surface area contributed by atoms with Crippen LogP contribution in [-0.4, -0.2) is 15.7 Å². The average molecular weight is 366 g/mol. The van der Waals surface area contributed by atoms with E-state index in [9.17, 15) is 9.18 Å². The third-order valence-corrected chi connectivity index (χ3v) is 5.09. The highest BCUT2D eigenvalue weighted by Crippen LogP contribution is 2.31. The van der Waals surface area contributed by atoms with E-state index in [0.29, 0.717) is 14.9 Å². The van der Waals surface area contributed by atoms with E-state index in [0.717, 1.165) is 0 Å². The lowest BCUT2D eigenvalue weighted by molar-refractivity contribution is -0.116. The van der Waals surface area contributed by atoms with Crippen molar-refractivity contribution < 1.29 is 9.18 Å². The smallest absolute Gasteiger partial charge is 0.240 e. The molecule has 0 saturated heterocycles. The second kappa shape index (κ2) is 5.73. The van der Waals surface area contributed by atoms with Crippen LogP contribution < -0.4 is 5.32 Å². The summed E-state index contributed by atoms with van der Waals surface area (Å²) in [6.07, 6.45) is 0. The minimum Gasteiger partial charge on any atom is -0.301 e. The molecule has 1 atom stereocenters. The third-order valence-electron chi connectivity index (χ3n) is 2.48. The molecule has 0 fully saturated rings. The summed E-state index contributed by atoms with van der Waals surface area (Å²) in [5, 5.41) is 3.35. The van der Waals surface area contributed by atoms with Crippen LogP contribution in [0.5, 0.6) is 0 Å². The Morgan fingerprint density at radius 3 is 2.84 bits per heavy atom. The summed E-state index contributed by atoms with van der Waals surface area (Å²) in [7, 11) is 0. The number of hydrogen-bond donors (Lipinski definition) is 1. The van der Waals surface area contributed by atoms with Crippen LogP contribution in [0, 0.1) is 11.7 Å². The molecule has 0 aliphatic heterocycles. The molecule has 19 heavy (non-hydrogen) atoms. The van der Waals surface area contributed by atoms with E-state index in [-0.39, 0.29) is 22.2 Å². The molecule has 1 aromatic heterocycles. The lowest BCUT2D eigenvalue weighted by Crippen LogP contribution is -2.26. The number of thiazole rings is 1. The normalized spacial score (nSPS) is 12.9. The summed E-state index contributed by atoms with van der Waals surface area (Å²) in [4.78, 5) is 15.6. The van der Waals surface area contributed by atoms with E-state index < -0.39 is 5.82 Å². The van der Waals surface area contributed by atoms with Gasteiger partial charge in [-0.15, -0.1) is 0 Å². The topological polar surface area (TPSA) is 42.0 Å². The molecule has 1 amide bonds. The minimum absolute atomic E-state index is 0.153. The Kier molecular flexibility index (Phi) is 4.43. The summed E-state index contributed by atoms with van der Waals surface area (Å²) in [6, 6.07) is 2.83. The van der Waals surface area contributed by atoms with E-state index in [2.05, 4.69) is 26.2 Å². The summed E-state index contributed by atoms with van der Waals surface area (Å²) in [6.45, 7) is 3.85. The van der Waals surface area contributed by atoms with Crippen molar-refractivity contribution in [3.05, 3.63) is 23.0 Å². The first-order valence-electron chi connectivity index (χ1n) is 5.59. The molecule has 1 N–H and O–H groups in total. The molecule has 1 heterocycles. The number of nitrogens with zero attached hydrogens (tertiary/aromatic N) is 1. The highest BCUT2D eigenvalue weighted by Gasteiger charge is 2.20. The maximum absolute atomic E-state index is 13.6. The molecule has 0 bridgehead atoms. The Morgan fingerprint density at radius 1 is 1.53 bits per heavy atom. The minimum atomic E-state index is -0.487. The van der Waals surface area contributed by atoms with Gasteiger partial charge in [0.05, 0.1) is 9.53 Å². The number of carbonyl (C=O) groups excluding carboxylic acids is 1. The van der Waals surface area contributed by atoms with Crippen LogP contribution in [0.25, 0.3) is 10.2 Å². The summed E-state index contributed by atoms with van der Waals surface area (Å²) < 4.78 is 14.2. The molecule has 7 heteroatoms. The van der Waals surface area contributed by atoms with Gasteiger partial charge in [0.2, 0.25) is 5.91 Å². The Balaban J connectivity index is 2.27. The van der Waals surface area contributed by atoms with Crippen molar-refractivity contribution in [1.29, 1.82) is 0 Å². The quantitative estimate of drug-likeness (QED) is 0.817. The van der Waals surface area contributed by atoms with Gasteiger partial charge in [-0.1, -0.05) is 52.7 Å². The van der Waals surface area contributed by atoms with Gasteiger partial charge in [0.1, 0.15) is 5.52 Å². The van der Waals surface area contributed by atoms with Crippen LogP contribution in [0.4, 0.5) is 9.52 Å². The van der Waals surface area contributed by atoms with Crippen molar-refractivity contribution in [2.24, 2.45) is 5.92 Å². The molecular formula is C12H11BrClFN2OS. The van der Waals surface area contributed by atoms with Crippen LogP contribution in [0.2, 0.25) is 5.02 Å². The predicted molar refractivity (Wildman–Crippen MR) is 80.8 cm³/mol. The van der Waals surface area contributed by atoms with Gasteiger partial charge in [-0.25, -0.2) is 9.37 Å². The Morgan fingerprint density at radius 2 is 2.21 bits per heavy atom. The second-order valence-electron chi connectivity index (χ2n) is 4.39. The van der Waals surface area contributed by atoms with Crippen molar-refractivity contribution in [1.82, 2.24) is 4.98 Å². The molecule has 0 spiro atoms. The molecule has 2 aromatic rings. The summed E-state index contributed by atoms with van der Waals surface area (Å²) >= 11 is 10.3. The zero-order chi connectivity index (χ0) is 14.2. The van der Waals surface area contributed by atoms with Crippen LogP contribution in [0.15, 0.2) is 12.1 Å². The molecule has 0 aliphatic rings. The van der Waals surface area contributed by atoms with Crippen molar-refractivity contribution in [2.75, 3.05) is 5.32 Å². The highest BCUT2D eigenvalue weighted by atomic mass is 79.9. The number of nitrogens with one attached hydrogen (secondary N) is 1. The molecule has 0 radical (unpaired) electrons. The van der Waals surface area contributed by atoms with Gasteiger partial charge in [-0.05, 0) is 18.1 Å². The SMILES string of the molecule is CC(C)C(Br)C(=O)Nc1nc2c(F)cc(Cl)cc2s1. The molecule has 3 nitrogen and oxygen atoms in total. The van der Waals surface area contributed by atoms with Crippen LogP contribution >= 0.6 is 38.9 Å². The van der Waals surface area contributed by atoms with Gasteiger partial charge in [-0.3, -0.25) is 4.79 Å².